The molecular weight excluding hydrogens is 467 g/mol. The van der Waals surface area contributed by atoms with E-state index < -0.39 is 29.2 Å². The molecule has 2 rings (SSSR count). The number of carbonyl (C=O) groups excluding carboxylic acids is 2. The van der Waals surface area contributed by atoms with Crippen LogP contribution in [-0.4, -0.2) is 28.4 Å². The van der Waals surface area contributed by atoms with Crippen LogP contribution in [0.1, 0.15) is 35.8 Å². The fourth-order valence-electron chi connectivity index (χ4n) is 2.31. The van der Waals surface area contributed by atoms with Gasteiger partial charge in [-0.15, -0.1) is 0 Å². The van der Waals surface area contributed by atoms with E-state index in [1.165, 1.54) is 6.07 Å². The van der Waals surface area contributed by atoms with Crippen LogP contribution < -0.4 is 0 Å². The highest BCUT2D eigenvalue weighted by Crippen LogP contribution is 2.37. The second-order valence-electron chi connectivity index (χ2n) is 5.61. The summed E-state index contributed by atoms with van der Waals surface area (Å²) in [7, 11) is 0. The van der Waals surface area contributed by atoms with E-state index in [1.807, 2.05) is 0 Å². The van der Waals surface area contributed by atoms with Gasteiger partial charge in [-0.25, -0.2) is 4.98 Å². The summed E-state index contributed by atoms with van der Waals surface area (Å²) in [5.41, 5.74) is -1.02. The molecule has 10 heteroatoms. The van der Waals surface area contributed by atoms with Crippen LogP contribution >= 0.6 is 27.5 Å². The van der Waals surface area contributed by atoms with E-state index in [1.54, 1.807) is 6.92 Å². The predicted octanol–water partition coefficient (Wildman–Crippen LogP) is 5.41. The van der Waals surface area contributed by atoms with Crippen LogP contribution in [0.4, 0.5) is 13.2 Å². The molecular formula is C18H14BrClF3NO4. The zero-order chi connectivity index (χ0) is 21.1. The number of hydrogen-bond acceptors (Lipinski definition) is 5. The molecule has 5 nitrogen and oxygen atoms in total. The summed E-state index contributed by atoms with van der Waals surface area (Å²) in [6.07, 6.45) is -5.01. The average Bonchev–Trinajstić information content (AvgIpc) is 2.61. The SMILES string of the molecule is CCOC(=O)CCC(=O)c1nc(-c2ccc(C(F)(F)F)cc2Cl)cc(Br)c1O. The second kappa shape index (κ2) is 8.91. The first-order valence-corrected chi connectivity index (χ1v) is 9.17. The minimum absolute atomic E-state index is 0.0860. The summed E-state index contributed by atoms with van der Waals surface area (Å²) in [5, 5.41) is 9.88. The number of aromatic nitrogens is 1. The summed E-state index contributed by atoms with van der Waals surface area (Å²) in [6.45, 7) is 1.80. The number of esters is 1. The number of hydrogen-bond donors (Lipinski definition) is 1. The van der Waals surface area contributed by atoms with Crippen LogP contribution in [0, 0.1) is 0 Å². The Morgan fingerprint density at radius 1 is 1.25 bits per heavy atom. The molecule has 150 valence electrons. The molecule has 1 aromatic heterocycles. The molecule has 2 aromatic rings. The molecule has 1 N–H and O–H groups in total. The van der Waals surface area contributed by atoms with Gasteiger partial charge in [0.15, 0.2) is 11.5 Å². The van der Waals surface area contributed by atoms with Gasteiger partial charge >= 0.3 is 12.1 Å². The maximum absolute atomic E-state index is 12.8. The quantitative estimate of drug-likeness (QED) is 0.442. The Bertz CT molecular complexity index is 918. The number of nitrogens with zero attached hydrogens (tertiary/aromatic N) is 1. The van der Waals surface area contributed by atoms with Gasteiger partial charge in [0.1, 0.15) is 5.69 Å². The van der Waals surface area contributed by atoms with Gasteiger partial charge in [0.25, 0.3) is 0 Å². The molecule has 0 amide bonds. The number of carbonyl (C=O) groups is 2. The van der Waals surface area contributed by atoms with E-state index in [-0.39, 0.29) is 45.9 Å². The fourth-order valence-corrected chi connectivity index (χ4v) is 2.99. The van der Waals surface area contributed by atoms with Gasteiger partial charge in [-0.2, -0.15) is 13.2 Å². The van der Waals surface area contributed by atoms with Crippen LogP contribution in [0.2, 0.25) is 5.02 Å². The number of pyridine rings is 1. The average molecular weight is 481 g/mol. The number of aromatic hydroxyl groups is 1. The summed E-state index contributed by atoms with van der Waals surface area (Å²) in [4.78, 5) is 27.8. The monoisotopic (exact) mass is 479 g/mol. The van der Waals surface area contributed by atoms with Gasteiger partial charge < -0.3 is 9.84 Å². The lowest BCUT2D eigenvalue weighted by molar-refractivity contribution is -0.143. The first kappa shape index (κ1) is 22.2. The standard InChI is InChI=1S/C18H14BrClF3NO4/c1-2-28-15(26)6-5-14(25)16-17(27)11(19)8-13(24-16)10-4-3-9(7-12(10)20)18(21,22)23/h3-4,7-8,27H,2,5-6H2,1H3. The van der Waals surface area contributed by atoms with Crippen molar-refractivity contribution in [2.75, 3.05) is 6.61 Å². The Hall–Kier alpha value is -2.13. The number of ether oxygens (including phenoxy) is 1. The molecule has 0 saturated heterocycles. The molecule has 0 unspecified atom stereocenters. The van der Waals surface area contributed by atoms with E-state index in [9.17, 15) is 27.9 Å². The van der Waals surface area contributed by atoms with Crippen LogP contribution in [0.5, 0.6) is 5.75 Å². The Kier molecular flexibility index (Phi) is 7.06. The largest absolute Gasteiger partial charge is 0.504 e. The van der Waals surface area contributed by atoms with E-state index in [0.717, 1.165) is 18.2 Å². The maximum atomic E-state index is 12.8. The third-order valence-electron chi connectivity index (χ3n) is 3.64. The number of alkyl halides is 3. The highest BCUT2D eigenvalue weighted by atomic mass is 79.9. The van der Waals surface area contributed by atoms with Crippen molar-refractivity contribution in [3.63, 3.8) is 0 Å². The van der Waals surface area contributed by atoms with Gasteiger partial charge in [0.2, 0.25) is 0 Å². The molecule has 0 aliphatic heterocycles. The van der Waals surface area contributed by atoms with Crippen molar-refractivity contribution in [1.29, 1.82) is 0 Å². The lowest BCUT2D eigenvalue weighted by Gasteiger charge is -2.12. The summed E-state index contributed by atoms with van der Waals surface area (Å²) < 4.78 is 43.2. The van der Waals surface area contributed by atoms with Crippen molar-refractivity contribution in [3.8, 4) is 17.0 Å². The Labute approximate surface area is 171 Å². The van der Waals surface area contributed by atoms with Crippen molar-refractivity contribution < 1.29 is 32.6 Å². The lowest BCUT2D eigenvalue weighted by Crippen LogP contribution is -2.10. The smallest absolute Gasteiger partial charge is 0.416 e. The third kappa shape index (κ3) is 5.23. The third-order valence-corrected chi connectivity index (χ3v) is 4.56. The molecule has 0 atom stereocenters. The maximum Gasteiger partial charge on any atom is 0.416 e. The van der Waals surface area contributed by atoms with E-state index in [0.29, 0.717) is 0 Å². The molecule has 0 spiro atoms. The minimum Gasteiger partial charge on any atom is -0.504 e. The zero-order valence-corrected chi connectivity index (χ0v) is 16.8. The number of rotatable bonds is 6. The summed E-state index contributed by atoms with van der Waals surface area (Å²) in [6, 6.07) is 4.04. The Morgan fingerprint density at radius 2 is 1.93 bits per heavy atom. The van der Waals surface area contributed by atoms with Crippen molar-refractivity contribution in [2.24, 2.45) is 0 Å². The van der Waals surface area contributed by atoms with Crippen molar-refractivity contribution in [2.45, 2.75) is 25.9 Å². The van der Waals surface area contributed by atoms with E-state index in [2.05, 4.69) is 20.9 Å². The van der Waals surface area contributed by atoms with Crippen LogP contribution in [0.15, 0.2) is 28.7 Å². The van der Waals surface area contributed by atoms with Gasteiger partial charge in [-0.1, -0.05) is 17.7 Å². The normalized spacial score (nSPS) is 11.4. The zero-order valence-electron chi connectivity index (χ0n) is 14.4. The molecule has 0 radical (unpaired) electrons. The minimum atomic E-state index is -4.56. The van der Waals surface area contributed by atoms with Crippen LogP contribution in [-0.2, 0) is 15.7 Å². The Balaban J connectivity index is 2.38. The summed E-state index contributed by atoms with van der Waals surface area (Å²) >= 11 is 9.05. The van der Waals surface area contributed by atoms with E-state index in [4.69, 9.17) is 16.3 Å². The number of ketones is 1. The predicted molar refractivity (Wildman–Crippen MR) is 99.2 cm³/mol. The second-order valence-corrected chi connectivity index (χ2v) is 6.87. The van der Waals surface area contributed by atoms with Crippen LogP contribution in [0.25, 0.3) is 11.3 Å². The summed E-state index contributed by atoms with van der Waals surface area (Å²) in [5.74, 6) is -1.65. The molecule has 0 fully saturated rings. The first-order valence-electron chi connectivity index (χ1n) is 8.00. The highest BCUT2D eigenvalue weighted by Gasteiger charge is 2.31. The molecule has 28 heavy (non-hydrogen) atoms. The van der Waals surface area contributed by atoms with Crippen molar-refractivity contribution in [1.82, 2.24) is 4.98 Å². The molecule has 1 heterocycles. The lowest BCUT2D eigenvalue weighted by atomic mass is 10.1. The highest BCUT2D eigenvalue weighted by molar-refractivity contribution is 9.10. The Morgan fingerprint density at radius 3 is 2.50 bits per heavy atom. The molecule has 1 aromatic carbocycles. The van der Waals surface area contributed by atoms with Crippen molar-refractivity contribution in [3.05, 3.63) is 45.0 Å². The van der Waals surface area contributed by atoms with Gasteiger partial charge in [-0.3, -0.25) is 9.59 Å². The van der Waals surface area contributed by atoms with Crippen molar-refractivity contribution >= 4 is 39.3 Å². The molecule has 0 aliphatic carbocycles. The van der Waals surface area contributed by atoms with Crippen LogP contribution in [0.3, 0.4) is 0 Å². The number of Topliss-reactive ketones (excluding diaryl/α,β-unsaturated/α-hetero) is 1. The molecule has 0 aliphatic rings. The van der Waals surface area contributed by atoms with Gasteiger partial charge in [-0.05, 0) is 41.1 Å². The topological polar surface area (TPSA) is 76.5 Å². The molecule has 0 saturated carbocycles. The number of benzene rings is 1. The first-order chi connectivity index (χ1) is 13.0. The molecule has 0 bridgehead atoms. The van der Waals surface area contributed by atoms with Gasteiger partial charge in [0.05, 0.1) is 33.8 Å². The fraction of sp³-hybridized carbons (Fsp3) is 0.278. The number of halogens is 5. The van der Waals surface area contributed by atoms with E-state index >= 15 is 0 Å². The van der Waals surface area contributed by atoms with Gasteiger partial charge in [0, 0.05) is 12.0 Å².